The molecule has 0 radical (unpaired) electrons. The minimum atomic E-state index is -0.0631. The van der Waals surface area contributed by atoms with Crippen molar-refractivity contribution in [2.24, 2.45) is 0 Å². The average Bonchev–Trinajstić information content (AvgIpc) is 2.58. The van der Waals surface area contributed by atoms with Crippen molar-refractivity contribution in [2.45, 2.75) is 117 Å². The lowest BCUT2D eigenvalue weighted by atomic mass is 10.0. The van der Waals surface area contributed by atoms with Crippen LogP contribution >= 0.6 is 0 Å². The van der Waals surface area contributed by atoms with Gasteiger partial charge in [-0.25, -0.2) is 0 Å². The Labute approximate surface area is 151 Å². The van der Waals surface area contributed by atoms with Crippen LogP contribution in [0.4, 0.5) is 0 Å². The van der Waals surface area contributed by atoms with Gasteiger partial charge in [0, 0.05) is 6.42 Å². The van der Waals surface area contributed by atoms with Gasteiger partial charge in [0.1, 0.15) is 0 Å². The molecule has 0 heterocycles. The second-order valence-electron chi connectivity index (χ2n) is 6.85. The monoisotopic (exact) mass is 338 g/mol. The van der Waals surface area contributed by atoms with Crippen molar-refractivity contribution in [1.29, 1.82) is 0 Å². The standard InChI is InChI=1S/C22H42O2/c1-3-5-6-7-8-9-10-11-12-13-14-15-16-17-18-19-20-21-22(23)24-4-2/h17-18H,3-16,19-21H2,1-2H3. The molecule has 0 aromatic carbocycles. The molecule has 142 valence electrons. The van der Waals surface area contributed by atoms with Crippen LogP contribution in [0.2, 0.25) is 0 Å². The van der Waals surface area contributed by atoms with Crippen LogP contribution in [0.3, 0.4) is 0 Å². The number of hydrogen-bond donors (Lipinski definition) is 0. The highest BCUT2D eigenvalue weighted by Gasteiger charge is 1.98. The lowest BCUT2D eigenvalue weighted by molar-refractivity contribution is -0.143. The molecule has 2 heteroatoms. The highest BCUT2D eigenvalue weighted by molar-refractivity contribution is 5.69. The maximum absolute atomic E-state index is 11.2. The highest BCUT2D eigenvalue weighted by Crippen LogP contribution is 2.12. The first-order chi connectivity index (χ1) is 11.8. The van der Waals surface area contributed by atoms with Crippen LogP contribution in [0.15, 0.2) is 12.2 Å². The number of ether oxygens (including phenoxy) is 1. The van der Waals surface area contributed by atoms with E-state index in [1.54, 1.807) is 0 Å². The van der Waals surface area contributed by atoms with E-state index in [1.165, 1.54) is 83.5 Å². The number of rotatable bonds is 18. The van der Waals surface area contributed by atoms with Crippen molar-refractivity contribution < 1.29 is 9.53 Å². The van der Waals surface area contributed by atoms with Crippen LogP contribution in [0.1, 0.15) is 117 Å². The molecule has 0 bridgehead atoms. The molecule has 0 amide bonds. The third-order valence-corrected chi connectivity index (χ3v) is 4.45. The summed E-state index contributed by atoms with van der Waals surface area (Å²) in [5.41, 5.74) is 0. The van der Waals surface area contributed by atoms with E-state index < -0.39 is 0 Å². The maximum Gasteiger partial charge on any atom is 0.305 e. The third kappa shape index (κ3) is 19.3. The number of carbonyl (C=O) groups is 1. The van der Waals surface area contributed by atoms with Crippen molar-refractivity contribution in [3.63, 3.8) is 0 Å². The number of esters is 1. The molecule has 0 aromatic heterocycles. The summed E-state index contributed by atoms with van der Waals surface area (Å²) in [6.45, 7) is 4.63. The summed E-state index contributed by atoms with van der Waals surface area (Å²) in [6.07, 6.45) is 25.0. The molecule has 0 unspecified atom stereocenters. The van der Waals surface area contributed by atoms with Crippen LogP contribution in [0, 0.1) is 0 Å². The van der Waals surface area contributed by atoms with Crippen LogP contribution < -0.4 is 0 Å². The minimum absolute atomic E-state index is 0.0631. The average molecular weight is 339 g/mol. The molecule has 0 aliphatic rings. The normalized spacial score (nSPS) is 11.2. The van der Waals surface area contributed by atoms with Gasteiger partial charge in [0.25, 0.3) is 0 Å². The van der Waals surface area contributed by atoms with Crippen LogP contribution in [0.25, 0.3) is 0 Å². The Morgan fingerprint density at radius 1 is 0.667 bits per heavy atom. The first kappa shape index (κ1) is 23.2. The van der Waals surface area contributed by atoms with Crippen LogP contribution in [-0.4, -0.2) is 12.6 Å². The van der Waals surface area contributed by atoms with Gasteiger partial charge in [0.2, 0.25) is 0 Å². The molecule has 0 atom stereocenters. The van der Waals surface area contributed by atoms with Crippen molar-refractivity contribution in [3.05, 3.63) is 12.2 Å². The van der Waals surface area contributed by atoms with E-state index in [2.05, 4.69) is 19.1 Å². The number of allylic oxidation sites excluding steroid dienone is 2. The van der Waals surface area contributed by atoms with Gasteiger partial charge < -0.3 is 4.74 Å². The molecule has 0 N–H and O–H groups in total. The number of carbonyl (C=O) groups excluding carboxylic acids is 1. The third-order valence-electron chi connectivity index (χ3n) is 4.45. The summed E-state index contributed by atoms with van der Waals surface area (Å²) >= 11 is 0. The van der Waals surface area contributed by atoms with Crippen molar-refractivity contribution >= 4 is 5.97 Å². The molecular formula is C22H42O2. The fourth-order valence-electron chi connectivity index (χ4n) is 2.94. The van der Waals surface area contributed by atoms with E-state index >= 15 is 0 Å². The van der Waals surface area contributed by atoms with Gasteiger partial charge in [0.15, 0.2) is 0 Å². The van der Waals surface area contributed by atoms with E-state index in [9.17, 15) is 4.79 Å². The predicted octanol–water partition coefficient (Wildman–Crippen LogP) is 7.37. The second kappa shape index (κ2) is 20.3. The largest absolute Gasteiger partial charge is 0.466 e. The fraction of sp³-hybridized carbons (Fsp3) is 0.864. The molecule has 0 saturated heterocycles. The van der Waals surface area contributed by atoms with E-state index in [0.29, 0.717) is 13.0 Å². The lowest BCUT2D eigenvalue weighted by Crippen LogP contribution is -2.02. The smallest absolute Gasteiger partial charge is 0.305 e. The van der Waals surface area contributed by atoms with Gasteiger partial charge >= 0.3 is 5.97 Å². The number of unbranched alkanes of at least 4 members (excludes halogenated alkanes) is 13. The quantitative estimate of drug-likeness (QED) is 0.148. The minimum Gasteiger partial charge on any atom is -0.466 e. The molecule has 0 rings (SSSR count). The summed E-state index contributed by atoms with van der Waals surface area (Å²) in [5.74, 6) is -0.0631. The summed E-state index contributed by atoms with van der Waals surface area (Å²) in [6, 6.07) is 0. The SMILES string of the molecule is CCCCCCCCCCCCCCC=CCCCC(=O)OCC. The number of hydrogen-bond acceptors (Lipinski definition) is 2. The Morgan fingerprint density at radius 3 is 1.62 bits per heavy atom. The first-order valence-electron chi connectivity index (χ1n) is 10.6. The molecule has 0 aliphatic carbocycles. The first-order valence-corrected chi connectivity index (χ1v) is 10.6. The summed E-state index contributed by atoms with van der Waals surface area (Å²) in [7, 11) is 0. The van der Waals surface area contributed by atoms with Gasteiger partial charge in [-0.05, 0) is 32.6 Å². The predicted molar refractivity (Wildman–Crippen MR) is 105 cm³/mol. The maximum atomic E-state index is 11.2. The Bertz CT molecular complexity index is 284. The zero-order chi connectivity index (χ0) is 17.7. The highest BCUT2D eigenvalue weighted by atomic mass is 16.5. The Morgan fingerprint density at radius 2 is 1.12 bits per heavy atom. The Hall–Kier alpha value is -0.790. The molecule has 0 fully saturated rings. The Kier molecular flexibility index (Phi) is 19.6. The molecule has 0 saturated carbocycles. The Balaban J connectivity index is 3.11. The molecule has 2 nitrogen and oxygen atoms in total. The zero-order valence-corrected chi connectivity index (χ0v) is 16.5. The molecule has 0 spiro atoms. The van der Waals surface area contributed by atoms with Crippen molar-refractivity contribution in [2.75, 3.05) is 6.61 Å². The molecular weight excluding hydrogens is 296 g/mol. The molecule has 24 heavy (non-hydrogen) atoms. The summed E-state index contributed by atoms with van der Waals surface area (Å²) < 4.78 is 4.91. The van der Waals surface area contributed by atoms with Crippen LogP contribution in [-0.2, 0) is 9.53 Å². The van der Waals surface area contributed by atoms with E-state index in [-0.39, 0.29) is 5.97 Å². The topological polar surface area (TPSA) is 26.3 Å². The molecule has 0 aromatic rings. The van der Waals surface area contributed by atoms with Gasteiger partial charge in [-0.15, -0.1) is 0 Å². The van der Waals surface area contributed by atoms with Crippen molar-refractivity contribution in [3.8, 4) is 0 Å². The summed E-state index contributed by atoms with van der Waals surface area (Å²) in [4.78, 5) is 11.2. The van der Waals surface area contributed by atoms with Gasteiger partial charge in [-0.3, -0.25) is 4.79 Å². The van der Waals surface area contributed by atoms with Gasteiger partial charge in [0.05, 0.1) is 6.61 Å². The summed E-state index contributed by atoms with van der Waals surface area (Å²) in [5, 5.41) is 0. The van der Waals surface area contributed by atoms with Crippen molar-refractivity contribution in [1.82, 2.24) is 0 Å². The molecule has 0 aliphatic heterocycles. The fourth-order valence-corrected chi connectivity index (χ4v) is 2.94. The van der Waals surface area contributed by atoms with Gasteiger partial charge in [-0.2, -0.15) is 0 Å². The van der Waals surface area contributed by atoms with Gasteiger partial charge in [-0.1, -0.05) is 89.7 Å². The van der Waals surface area contributed by atoms with E-state index in [4.69, 9.17) is 4.74 Å². The lowest BCUT2D eigenvalue weighted by Gasteiger charge is -2.02. The second-order valence-corrected chi connectivity index (χ2v) is 6.85. The van der Waals surface area contributed by atoms with E-state index in [0.717, 1.165) is 12.8 Å². The van der Waals surface area contributed by atoms with Crippen LogP contribution in [0.5, 0.6) is 0 Å². The van der Waals surface area contributed by atoms with E-state index in [1.807, 2.05) is 6.92 Å². The zero-order valence-electron chi connectivity index (χ0n) is 16.5.